The van der Waals surface area contributed by atoms with Gasteiger partial charge in [-0.2, -0.15) is 5.10 Å². The van der Waals surface area contributed by atoms with E-state index in [4.69, 9.17) is 0 Å². The van der Waals surface area contributed by atoms with E-state index in [0.717, 1.165) is 43.5 Å². The quantitative estimate of drug-likeness (QED) is 0.773. The Labute approximate surface area is 138 Å². The average Bonchev–Trinajstić information content (AvgIpc) is 2.75. The van der Waals surface area contributed by atoms with Gasteiger partial charge in [-0.1, -0.05) is 19.8 Å². The molecule has 3 N–H and O–H groups in total. The van der Waals surface area contributed by atoms with Crippen molar-refractivity contribution in [3.8, 4) is 0 Å². The number of aromatic nitrogens is 2. The fourth-order valence-electron chi connectivity index (χ4n) is 3.41. The van der Waals surface area contributed by atoms with E-state index in [0.29, 0.717) is 13.1 Å². The molecule has 1 aliphatic rings. The van der Waals surface area contributed by atoms with E-state index in [1.54, 1.807) is 0 Å². The molecule has 0 aliphatic heterocycles. The highest BCUT2D eigenvalue weighted by Gasteiger charge is 2.35. The van der Waals surface area contributed by atoms with Crippen LogP contribution in [0.2, 0.25) is 0 Å². The molecule has 2 atom stereocenters. The zero-order valence-corrected chi connectivity index (χ0v) is 14.8. The molecule has 0 spiro atoms. The van der Waals surface area contributed by atoms with E-state index in [9.17, 15) is 9.90 Å². The fourth-order valence-corrected chi connectivity index (χ4v) is 3.41. The maximum atomic E-state index is 12.0. The Morgan fingerprint density at radius 2 is 2.13 bits per heavy atom. The normalized spacial score (nSPS) is 24.5. The van der Waals surface area contributed by atoms with Crippen molar-refractivity contribution in [2.45, 2.75) is 59.0 Å². The van der Waals surface area contributed by atoms with Gasteiger partial charge in [0.25, 0.3) is 0 Å². The Morgan fingerprint density at radius 1 is 1.39 bits per heavy atom. The van der Waals surface area contributed by atoms with E-state index in [-0.39, 0.29) is 17.6 Å². The van der Waals surface area contributed by atoms with Crippen molar-refractivity contribution in [1.29, 1.82) is 0 Å². The zero-order chi connectivity index (χ0) is 17.0. The molecule has 2 unspecified atom stereocenters. The summed E-state index contributed by atoms with van der Waals surface area (Å²) >= 11 is 0. The van der Waals surface area contributed by atoms with Gasteiger partial charge in [0.05, 0.1) is 11.8 Å². The second-order valence-electron chi connectivity index (χ2n) is 7.05. The van der Waals surface area contributed by atoms with E-state index in [2.05, 4.69) is 22.7 Å². The molecular formula is C17H30N4O2. The van der Waals surface area contributed by atoms with Gasteiger partial charge >= 0.3 is 6.03 Å². The number of aryl methyl sites for hydroxylation is 2. The number of aliphatic hydroxyl groups excluding tert-OH is 1. The van der Waals surface area contributed by atoms with Crippen molar-refractivity contribution in [2.24, 2.45) is 12.5 Å². The number of rotatable bonds is 5. The molecule has 0 radical (unpaired) electrons. The molecule has 1 heterocycles. The highest BCUT2D eigenvalue weighted by atomic mass is 16.3. The second kappa shape index (κ2) is 7.34. The molecule has 6 nitrogen and oxygen atoms in total. The van der Waals surface area contributed by atoms with E-state index >= 15 is 0 Å². The molecule has 130 valence electrons. The molecular weight excluding hydrogens is 292 g/mol. The van der Waals surface area contributed by atoms with Crippen molar-refractivity contribution >= 4 is 6.03 Å². The van der Waals surface area contributed by atoms with Crippen LogP contribution in [0.1, 0.15) is 49.6 Å². The van der Waals surface area contributed by atoms with Crippen LogP contribution in [0.15, 0.2) is 0 Å². The molecule has 2 amide bonds. The van der Waals surface area contributed by atoms with E-state index < -0.39 is 0 Å². The maximum absolute atomic E-state index is 12.0. The van der Waals surface area contributed by atoms with Crippen LogP contribution >= 0.6 is 0 Å². The standard InChI is InChI=1S/C17H30N4O2/c1-12-14(13(2)21(4)20-12)8-10-18-16(23)19-11-17(3)9-6-5-7-15(17)22/h15,22H,5-11H2,1-4H3,(H2,18,19,23). The van der Waals surface area contributed by atoms with Crippen LogP contribution in [0.4, 0.5) is 4.79 Å². The summed E-state index contributed by atoms with van der Waals surface area (Å²) in [7, 11) is 1.93. The van der Waals surface area contributed by atoms with Gasteiger partial charge in [-0.3, -0.25) is 4.68 Å². The Morgan fingerprint density at radius 3 is 2.74 bits per heavy atom. The minimum Gasteiger partial charge on any atom is -0.392 e. The number of urea groups is 1. The topological polar surface area (TPSA) is 79.2 Å². The Kier molecular flexibility index (Phi) is 5.68. The van der Waals surface area contributed by atoms with Crippen LogP contribution in [-0.2, 0) is 13.5 Å². The van der Waals surface area contributed by atoms with Gasteiger partial charge in [-0.25, -0.2) is 4.79 Å². The molecule has 23 heavy (non-hydrogen) atoms. The third-order valence-corrected chi connectivity index (χ3v) is 5.25. The van der Waals surface area contributed by atoms with Crippen LogP contribution in [-0.4, -0.2) is 40.1 Å². The molecule has 1 saturated carbocycles. The summed E-state index contributed by atoms with van der Waals surface area (Å²) in [5.74, 6) is 0. The molecule has 6 heteroatoms. The monoisotopic (exact) mass is 322 g/mol. The first-order chi connectivity index (χ1) is 10.8. The van der Waals surface area contributed by atoms with Gasteiger partial charge in [0.2, 0.25) is 0 Å². The first-order valence-corrected chi connectivity index (χ1v) is 8.52. The smallest absolute Gasteiger partial charge is 0.314 e. The van der Waals surface area contributed by atoms with Gasteiger partial charge in [0.1, 0.15) is 0 Å². The van der Waals surface area contributed by atoms with Gasteiger partial charge < -0.3 is 15.7 Å². The zero-order valence-electron chi connectivity index (χ0n) is 14.8. The van der Waals surface area contributed by atoms with Crippen LogP contribution < -0.4 is 10.6 Å². The van der Waals surface area contributed by atoms with Crippen LogP contribution in [0.5, 0.6) is 0 Å². The van der Waals surface area contributed by atoms with Crippen molar-refractivity contribution in [2.75, 3.05) is 13.1 Å². The molecule has 1 aromatic heterocycles. The van der Waals surface area contributed by atoms with Crippen molar-refractivity contribution in [3.05, 3.63) is 17.0 Å². The van der Waals surface area contributed by atoms with Crippen LogP contribution in [0.3, 0.4) is 0 Å². The van der Waals surface area contributed by atoms with Gasteiger partial charge in [-0.15, -0.1) is 0 Å². The number of carbonyl (C=O) groups excluding carboxylic acids is 1. The average molecular weight is 322 g/mol. The number of nitrogens with one attached hydrogen (secondary N) is 2. The van der Waals surface area contributed by atoms with Crippen LogP contribution in [0.25, 0.3) is 0 Å². The highest BCUT2D eigenvalue weighted by molar-refractivity contribution is 5.73. The largest absolute Gasteiger partial charge is 0.392 e. The fraction of sp³-hybridized carbons (Fsp3) is 0.765. The molecule has 2 rings (SSSR count). The minimum absolute atomic E-state index is 0.164. The lowest BCUT2D eigenvalue weighted by molar-refractivity contribution is 0.00310. The minimum atomic E-state index is -0.322. The summed E-state index contributed by atoms with van der Waals surface area (Å²) in [5.41, 5.74) is 3.15. The molecule has 0 saturated heterocycles. The molecule has 0 bridgehead atoms. The maximum Gasteiger partial charge on any atom is 0.314 e. The van der Waals surface area contributed by atoms with Crippen LogP contribution in [0, 0.1) is 19.3 Å². The van der Waals surface area contributed by atoms with Gasteiger partial charge in [-0.05, 0) is 38.7 Å². The Hall–Kier alpha value is -1.56. The number of carbonyl (C=O) groups is 1. The lowest BCUT2D eigenvalue weighted by Crippen LogP contribution is -2.48. The highest BCUT2D eigenvalue weighted by Crippen LogP contribution is 2.35. The summed E-state index contributed by atoms with van der Waals surface area (Å²) < 4.78 is 1.87. The first kappa shape index (κ1) is 17.8. The molecule has 1 fully saturated rings. The van der Waals surface area contributed by atoms with Crippen molar-refractivity contribution in [3.63, 3.8) is 0 Å². The first-order valence-electron chi connectivity index (χ1n) is 8.52. The molecule has 1 aromatic rings. The number of amides is 2. The third-order valence-electron chi connectivity index (χ3n) is 5.25. The number of nitrogens with zero attached hydrogens (tertiary/aromatic N) is 2. The summed E-state index contributed by atoms with van der Waals surface area (Å²) in [6.45, 7) is 7.19. The SMILES string of the molecule is Cc1nn(C)c(C)c1CCNC(=O)NCC1(C)CCCCC1O. The van der Waals surface area contributed by atoms with Gasteiger partial charge in [0.15, 0.2) is 0 Å². The number of hydrogen-bond acceptors (Lipinski definition) is 3. The summed E-state index contributed by atoms with van der Waals surface area (Å²) in [6, 6.07) is -0.164. The molecule has 0 aromatic carbocycles. The Bertz CT molecular complexity index is 555. The predicted molar refractivity (Wildman–Crippen MR) is 90.4 cm³/mol. The number of aliphatic hydroxyl groups is 1. The Balaban J connectivity index is 1.75. The lowest BCUT2D eigenvalue weighted by Gasteiger charge is -2.38. The second-order valence-corrected chi connectivity index (χ2v) is 7.05. The van der Waals surface area contributed by atoms with E-state index in [1.807, 2.05) is 25.6 Å². The summed E-state index contributed by atoms with van der Waals surface area (Å²) in [5, 5.41) is 20.3. The van der Waals surface area contributed by atoms with Gasteiger partial charge in [0, 0.05) is 31.2 Å². The molecule has 1 aliphatic carbocycles. The lowest BCUT2D eigenvalue weighted by atomic mass is 9.73. The summed E-state index contributed by atoms with van der Waals surface area (Å²) in [6.07, 6.45) is 4.45. The van der Waals surface area contributed by atoms with Crippen molar-refractivity contribution < 1.29 is 9.90 Å². The number of hydrogen-bond donors (Lipinski definition) is 3. The van der Waals surface area contributed by atoms with E-state index in [1.165, 1.54) is 5.56 Å². The summed E-state index contributed by atoms with van der Waals surface area (Å²) in [4.78, 5) is 12.0. The third kappa shape index (κ3) is 4.25. The predicted octanol–water partition coefficient (Wildman–Crippen LogP) is 1.82. The van der Waals surface area contributed by atoms with Crippen molar-refractivity contribution in [1.82, 2.24) is 20.4 Å².